The third-order valence-electron chi connectivity index (χ3n) is 2.54. The zero-order valence-corrected chi connectivity index (χ0v) is 10.4. The van der Waals surface area contributed by atoms with E-state index >= 15 is 0 Å². The van der Waals surface area contributed by atoms with Crippen LogP contribution in [0.3, 0.4) is 0 Å². The first kappa shape index (κ1) is 14.2. The summed E-state index contributed by atoms with van der Waals surface area (Å²) in [7, 11) is 0. The second kappa shape index (κ2) is 8.51. The highest BCUT2D eigenvalue weighted by Gasteiger charge is 2.11. The van der Waals surface area contributed by atoms with Crippen molar-refractivity contribution in [2.75, 3.05) is 0 Å². The third kappa shape index (κ3) is 7.18. The fourth-order valence-electron chi connectivity index (χ4n) is 1.50. The highest BCUT2D eigenvalue weighted by atomic mass is 16.1. The molecule has 15 heavy (non-hydrogen) atoms. The molecule has 1 amide bonds. The van der Waals surface area contributed by atoms with Crippen molar-refractivity contribution >= 4 is 5.91 Å². The smallest absolute Gasteiger partial charge is 0.246 e. The molecule has 0 unspecified atom stereocenters. The Morgan fingerprint density at radius 2 is 1.67 bits per heavy atom. The zero-order valence-electron chi connectivity index (χ0n) is 10.4. The lowest BCUT2D eigenvalue weighted by Crippen LogP contribution is -2.35. The van der Waals surface area contributed by atoms with Crippen LogP contribution in [0.1, 0.15) is 59.3 Å². The van der Waals surface area contributed by atoms with E-state index in [1.807, 2.05) is 0 Å². The number of hydrogen-bond donors (Lipinski definition) is 1. The quantitative estimate of drug-likeness (QED) is 0.612. The second-order valence-corrected chi connectivity index (χ2v) is 4.24. The maximum atomic E-state index is 11.5. The third-order valence-corrected chi connectivity index (χ3v) is 2.54. The summed E-state index contributed by atoms with van der Waals surface area (Å²) in [5, 5.41) is 3.05. The van der Waals surface area contributed by atoms with Crippen LogP contribution in [0.4, 0.5) is 0 Å². The van der Waals surface area contributed by atoms with Gasteiger partial charge in [-0.2, -0.15) is 0 Å². The van der Waals surface area contributed by atoms with Gasteiger partial charge in [0.1, 0.15) is 0 Å². The summed E-state index contributed by atoms with van der Waals surface area (Å²) in [6.07, 6.45) is 6.93. The van der Waals surface area contributed by atoms with Crippen molar-refractivity contribution in [3.8, 4) is 0 Å². The molecule has 88 valence electrons. The predicted molar refractivity (Wildman–Crippen MR) is 65.8 cm³/mol. The molecule has 0 spiro atoms. The van der Waals surface area contributed by atoms with Gasteiger partial charge in [-0.3, -0.25) is 4.79 Å². The first-order valence-corrected chi connectivity index (χ1v) is 6.08. The number of carbonyl (C=O) groups excluding carboxylic acids is 1. The molecule has 1 N–H and O–H groups in total. The van der Waals surface area contributed by atoms with Crippen LogP contribution in [-0.2, 0) is 4.79 Å². The number of amides is 1. The fraction of sp³-hybridized carbons (Fsp3) is 0.769. The summed E-state index contributed by atoms with van der Waals surface area (Å²) in [5.74, 6) is 0.00667. The Morgan fingerprint density at radius 1 is 1.20 bits per heavy atom. The molecule has 0 heterocycles. The Bertz CT molecular complexity index is 191. The van der Waals surface area contributed by atoms with Crippen molar-refractivity contribution in [3.63, 3.8) is 0 Å². The summed E-state index contributed by atoms with van der Waals surface area (Å²) in [4.78, 5) is 11.5. The van der Waals surface area contributed by atoms with Gasteiger partial charge in [0.15, 0.2) is 0 Å². The standard InChI is InChI=1S/C13H25NO/c1-5-7-9-12(10-8-6-2)14-13(15)11(3)4/h12H,3,5-10H2,1-2,4H3,(H,14,15). The van der Waals surface area contributed by atoms with E-state index in [2.05, 4.69) is 25.7 Å². The van der Waals surface area contributed by atoms with Gasteiger partial charge in [-0.25, -0.2) is 0 Å². The van der Waals surface area contributed by atoms with Gasteiger partial charge in [-0.1, -0.05) is 46.1 Å². The van der Waals surface area contributed by atoms with E-state index in [0.29, 0.717) is 11.6 Å². The molecule has 0 saturated heterocycles. The molecular formula is C13H25NO. The number of hydrogen-bond acceptors (Lipinski definition) is 1. The van der Waals surface area contributed by atoms with Crippen molar-refractivity contribution in [1.29, 1.82) is 0 Å². The van der Waals surface area contributed by atoms with Crippen molar-refractivity contribution in [3.05, 3.63) is 12.2 Å². The van der Waals surface area contributed by atoms with Crippen LogP contribution in [-0.4, -0.2) is 11.9 Å². The van der Waals surface area contributed by atoms with E-state index in [0.717, 1.165) is 12.8 Å². The van der Waals surface area contributed by atoms with Crippen molar-refractivity contribution in [2.24, 2.45) is 0 Å². The normalized spacial score (nSPS) is 10.4. The molecule has 0 bridgehead atoms. The van der Waals surface area contributed by atoms with Gasteiger partial charge in [0.05, 0.1) is 0 Å². The molecule has 2 nitrogen and oxygen atoms in total. The lowest BCUT2D eigenvalue weighted by Gasteiger charge is -2.18. The average Bonchev–Trinajstić information content (AvgIpc) is 2.21. The fourth-order valence-corrected chi connectivity index (χ4v) is 1.50. The van der Waals surface area contributed by atoms with Crippen molar-refractivity contribution < 1.29 is 4.79 Å². The summed E-state index contributed by atoms with van der Waals surface area (Å²) >= 11 is 0. The molecule has 0 saturated carbocycles. The Hall–Kier alpha value is -0.790. The van der Waals surface area contributed by atoms with Gasteiger partial charge >= 0.3 is 0 Å². The largest absolute Gasteiger partial charge is 0.350 e. The summed E-state index contributed by atoms with van der Waals surface area (Å²) in [6.45, 7) is 9.77. The van der Waals surface area contributed by atoms with Crippen LogP contribution < -0.4 is 5.32 Å². The second-order valence-electron chi connectivity index (χ2n) is 4.24. The molecule has 0 aliphatic heterocycles. The minimum absolute atomic E-state index is 0.00667. The minimum Gasteiger partial charge on any atom is -0.350 e. The molecule has 0 atom stereocenters. The SMILES string of the molecule is C=C(C)C(=O)NC(CCCC)CCCC. The molecule has 0 aromatic heterocycles. The highest BCUT2D eigenvalue weighted by Crippen LogP contribution is 2.09. The summed E-state index contributed by atoms with van der Waals surface area (Å²) in [5.41, 5.74) is 0.605. The summed E-state index contributed by atoms with van der Waals surface area (Å²) < 4.78 is 0. The number of unbranched alkanes of at least 4 members (excludes halogenated alkanes) is 2. The lowest BCUT2D eigenvalue weighted by molar-refractivity contribution is -0.118. The molecular weight excluding hydrogens is 186 g/mol. The van der Waals surface area contributed by atoms with Crippen LogP contribution in [0.5, 0.6) is 0 Å². The lowest BCUT2D eigenvalue weighted by atomic mass is 10.0. The van der Waals surface area contributed by atoms with E-state index in [4.69, 9.17) is 0 Å². The van der Waals surface area contributed by atoms with Crippen molar-refractivity contribution in [1.82, 2.24) is 5.32 Å². The van der Waals surface area contributed by atoms with Crippen LogP contribution in [0.25, 0.3) is 0 Å². The van der Waals surface area contributed by atoms with Gasteiger partial charge in [0, 0.05) is 11.6 Å². The molecule has 0 aromatic rings. The molecule has 0 aromatic carbocycles. The minimum atomic E-state index is 0.00667. The van der Waals surface area contributed by atoms with Gasteiger partial charge in [0.2, 0.25) is 5.91 Å². The van der Waals surface area contributed by atoms with Crippen LogP contribution >= 0.6 is 0 Å². The Balaban J connectivity index is 3.98. The van der Waals surface area contributed by atoms with Gasteiger partial charge < -0.3 is 5.32 Å². The van der Waals surface area contributed by atoms with Gasteiger partial charge in [-0.15, -0.1) is 0 Å². The maximum absolute atomic E-state index is 11.5. The van der Waals surface area contributed by atoms with Crippen LogP contribution in [0.2, 0.25) is 0 Å². The summed E-state index contributed by atoms with van der Waals surface area (Å²) in [6, 6.07) is 0.342. The molecule has 0 fully saturated rings. The Morgan fingerprint density at radius 3 is 2.00 bits per heavy atom. The average molecular weight is 211 g/mol. The number of nitrogens with one attached hydrogen (secondary N) is 1. The first-order valence-electron chi connectivity index (χ1n) is 6.08. The zero-order chi connectivity index (χ0) is 11.7. The van der Waals surface area contributed by atoms with Crippen LogP contribution in [0.15, 0.2) is 12.2 Å². The topological polar surface area (TPSA) is 29.1 Å². The van der Waals surface area contributed by atoms with E-state index in [-0.39, 0.29) is 5.91 Å². The van der Waals surface area contributed by atoms with E-state index in [1.54, 1.807) is 6.92 Å². The van der Waals surface area contributed by atoms with Gasteiger partial charge in [-0.05, 0) is 19.8 Å². The van der Waals surface area contributed by atoms with E-state index in [9.17, 15) is 4.79 Å². The Kier molecular flexibility index (Phi) is 8.06. The molecule has 2 heteroatoms. The van der Waals surface area contributed by atoms with Gasteiger partial charge in [0.25, 0.3) is 0 Å². The first-order chi connectivity index (χ1) is 7.11. The number of rotatable bonds is 8. The number of carbonyl (C=O) groups is 1. The Labute approximate surface area is 94.1 Å². The van der Waals surface area contributed by atoms with E-state index in [1.165, 1.54) is 25.7 Å². The van der Waals surface area contributed by atoms with Crippen LogP contribution in [0, 0.1) is 0 Å². The monoisotopic (exact) mass is 211 g/mol. The molecule has 0 aliphatic rings. The van der Waals surface area contributed by atoms with Crippen molar-refractivity contribution in [2.45, 2.75) is 65.3 Å². The van der Waals surface area contributed by atoms with E-state index < -0.39 is 0 Å². The molecule has 0 rings (SSSR count). The highest BCUT2D eigenvalue weighted by molar-refractivity contribution is 5.92. The molecule has 0 aliphatic carbocycles. The molecule has 0 radical (unpaired) electrons. The maximum Gasteiger partial charge on any atom is 0.246 e. The predicted octanol–water partition coefficient (Wildman–Crippen LogP) is 3.43.